The van der Waals surface area contributed by atoms with Gasteiger partial charge < -0.3 is 30.3 Å². The molecule has 0 saturated heterocycles. The lowest BCUT2D eigenvalue weighted by molar-refractivity contribution is 0.0838. The monoisotopic (exact) mass is 440 g/mol. The van der Waals surface area contributed by atoms with Crippen molar-refractivity contribution in [2.45, 2.75) is 52.2 Å². The summed E-state index contributed by atoms with van der Waals surface area (Å²) < 4.78 is 6.05. The molecule has 0 unspecified atom stereocenters. The number of Topliss-reactive ketones (excluding diaryl/α,β-unsaturated/α-hetero) is 1. The molecule has 1 aliphatic rings. The summed E-state index contributed by atoms with van der Waals surface area (Å²) >= 11 is 0. The maximum atomic E-state index is 13.1. The van der Waals surface area contributed by atoms with Gasteiger partial charge in [-0.05, 0) is 44.9 Å². The van der Waals surface area contributed by atoms with E-state index >= 15 is 0 Å². The molecule has 0 bridgehead atoms. The van der Waals surface area contributed by atoms with Crippen molar-refractivity contribution in [1.29, 1.82) is 0 Å². The number of fused-ring (bicyclic) bond motifs is 1. The molecular weight excluding hydrogens is 412 g/mol. The minimum atomic E-state index is -0.998. The zero-order chi connectivity index (χ0) is 23.7. The number of ether oxygens (including phenoxy) is 1. The lowest BCUT2D eigenvalue weighted by Crippen LogP contribution is -2.23. The number of aromatic hydroxyl groups is 4. The van der Waals surface area contributed by atoms with Crippen LogP contribution in [0.5, 0.6) is 28.7 Å². The van der Waals surface area contributed by atoms with Crippen molar-refractivity contribution in [3.8, 4) is 28.7 Å². The summed E-state index contributed by atoms with van der Waals surface area (Å²) in [6.45, 7) is 9.14. The highest BCUT2D eigenvalue weighted by atomic mass is 16.5. The lowest BCUT2D eigenvalue weighted by atomic mass is 9.88. The van der Waals surface area contributed by atoms with Gasteiger partial charge in [-0.25, -0.2) is 0 Å². The van der Waals surface area contributed by atoms with E-state index in [0.29, 0.717) is 11.1 Å². The average Bonchev–Trinajstić information content (AvgIpc) is 2.71. The van der Waals surface area contributed by atoms with Crippen LogP contribution < -0.4 is 4.74 Å². The number of hydrogen-bond donors (Lipinski definition) is 5. The van der Waals surface area contributed by atoms with Crippen LogP contribution in [0.25, 0.3) is 0 Å². The molecule has 2 atom stereocenters. The first-order valence-electron chi connectivity index (χ1n) is 10.3. The number of phenolic OH excluding ortho intramolecular Hbond substituents is 4. The molecule has 0 aliphatic carbocycles. The summed E-state index contributed by atoms with van der Waals surface area (Å²) in [6.07, 6.45) is 0.0294. The predicted octanol–water partition coefficient (Wildman–Crippen LogP) is 4.20. The van der Waals surface area contributed by atoms with Crippen LogP contribution in [0.1, 0.15) is 60.3 Å². The molecule has 7 nitrogen and oxygen atoms in total. The zero-order valence-electron chi connectivity index (χ0n) is 18.3. The minimum absolute atomic E-state index is 0.00457. The molecule has 0 fully saturated rings. The topological polar surface area (TPSA) is 127 Å². The third-order valence-electron chi connectivity index (χ3n) is 5.56. The van der Waals surface area contributed by atoms with Crippen molar-refractivity contribution < 1.29 is 35.1 Å². The van der Waals surface area contributed by atoms with Gasteiger partial charge in [-0.2, -0.15) is 0 Å². The number of aliphatic hydroxyl groups excluding tert-OH is 1. The number of allylic oxidation sites excluding steroid dienone is 2. The fourth-order valence-electron chi connectivity index (χ4n) is 3.64. The van der Waals surface area contributed by atoms with E-state index in [1.165, 1.54) is 18.2 Å². The molecule has 32 heavy (non-hydrogen) atoms. The Labute approximate surface area is 186 Å². The second kappa shape index (κ2) is 8.96. The normalized spacial score (nSPS) is 16.1. The van der Waals surface area contributed by atoms with Gasteiger partial charge in [0.1, 0.15) is 28.9 Å². The van der Waals surface area contributed by atoms with E-state index in [9.17, 15) is 30.3 Å². The van der Waals surface area contributed by atoms with E-state index in [-0.39, 0.29) is 64.7 Å². The maximum Gasteiger partial charge on any atom is 0.174 e. The van der Waals surface area contributed by atoms with Gasteiger partial charge in [-0.15, -0.1) is 0 Å². The van der Waals surface area contributed by atoms with Crippen molar-refractivity contribution in [2.75, 3.05) is 0 Å². The van der Waals surface area contributed by atoms with E-state index in [1.54, 1.807) is 6.92 Å². The minimum Gasteiger partial charge on any atom is -0.507 e. The molecular formula is C25H28O7. The Morgan fingerprint density at radius 3 is 2.41 bits per heavy atom. The van der Waals surface area contributed by atoms with Gasteiger partial charge in [0.05, 0.1) is 12.5 Å². The fraction of sp³-hybridized carbons (Fsp3) is 0.320. The molecule has 0 radical (unpaired) electrons. The van der Waals surface area contributed by atoms with E-state index in [2.05, 4.69) is 6.58 Å². The van der Waals surface area contributed by atoms with Gasteiger partial charge >= 0.3 is 0 Å². The van der Waals surface area contributed by atoms with Gasteiger partial charge in [0.2, 0.25) is 0 Å². The van der Waals surface area contributed by atoms with Gasteiger partial charge in [-0.3, -0.25) is 4.79 Å². The molecule has 7 heteroatoms. The fourth-order valence-corrected chi connectivity index (χ4v) is 3.64. The molecule has 2 aromatic rings. The molecule has 5 N–H and O–H groups in total. The van der Waals surface area contributed by atoms with Crippen LogP contribution in [-0.2, 0) is 12.8 Å². The average molecular weight is 440 g/mol. The Kier molecular flexibility index (Phi) is 6.50. The molecule has 2 aromatic carbocycles. The zero-order valence-corrected chi connectivity index (χ0v) is 18.3. The standard InChI is InChI=1S/C25H28O7/c1-12(2)5-7-15-23(30)16(10-18(27)13(3)4)25-22(24(15)31)20(29)11-21(32-25)14-6-8-17(26)19(28)9-14/h5-6,8-9,18,21,26-28,30-31H,3,7,10-11H2,1-2,4H3/t18-,21-/m0/s1. The molecule has 3 rings (SSSR count). The summed E-state index contributed by atoms with van der Waals surface area (Å²) in [7, 11) is 0. The summed E-state index contributed by atoms with van der Waals surface area (Å²) in [5, 5.41) is 51.7. The van der Waals surface area contributed by atoms with Crippen molar-refractivity contribution in [3.63, 3.8) is 0 Å². The van der Waals surface area contributed by atoms with E-state index < -0.39 is 18.0 Å². The highest BCUT2D eigenvalue weighted by molar-refractivity contribution is 6.04. The molecule has 0 spiro atoms. The Hall–Kier alpha value is -3.45. The van der Waals surface area contributed by atoms with E-state index in [1.807, 2.05) is 19.9 Å². The maximum absolute atomic E-state index is 13.1. The summed E-state index contributed by atoms with van der Waals surface area (Å²) in [5.74, 6) is -1.66. The summed E-state index contributed by atoms with van der Waals surface area (Å²) in [5.41, 5.74) is 2.23. The number of rotatable bonds is 6. The van der Waals surface area contributed by atoms with Crippen LogP contribution in [0.15, 0.2) is 42.0 Å². The number of ketones is 1. The SMILES string of the molecule is C=C(C)[C@@H](O)Cc1c(O)c(CC=C(C)C)c(O)c2c1O[C@H](c1ccc(O)c(O)c1)CC2=O. The van der Waals surface area contributed by atoms with Gasteiger partial charge in [-0.1, -0.05) is 29.9 Å². The van der Waals surface area contributed by atoms with Gasteiger partial charge in [0.25, 0.3) is 0 Å². The Morgan fingerprint density at radius 2 is 1.81 bits per heavy atom. The first kappa shape index (κ1) is 23.2. The largest absolute Gasteiger partial charge is 0.507 e. The Bertz CT molecular complexity index is 1110. The summed E-state index contributed by atoms with van der Waals surface area (Å²) in [4.78, 5) is 13.1. The van der Waals surface area contributed by atoms with Crippen molar-refractivity contribution >= 4 is 5.78 Å². The van der Waals surface area contributed by atoms with Crippen LogP contribution >= 0.6 is 0 Å². The van der Waals surface area contributed by atoms with Crippen LogP contribution in [0.4, 0.5) is 0 Å². The molecule has 0 aromatic heterocycles. The second-order valence-corrected chi connectivity index (χ2v) is 8.39. The van der Waals surface area contributed by atoms with E-state index in [4.69, 9.17) is 4.74 Å². The van der Waals surface area contributed by atoms with Crippen molar-refractivity contribution in [2.24, 2.45) is 0 Å². The van der Waals surface area contributed by atoms with Crippen LogP contribution in [-0.4, -0.2) is 37.4 Å². The number of phenols is 4. The third kappa shape index (κ3) is 4.43. The first-order chi connectivity index (χ1) is 15.0. The highest BCUT2D eigenvalue weighted by Gasteiger charge is 2.36. The first-order valence-corrected chi connectivity index (χ1v) is 10.3. The number of hydrogen-bond acceptors (Lipinski definition) is 7. The van der Waals surface area contributed by atoms with Crippen molar-refractivity contribution in [3.05, 3.63) is 64.3 Å². The van der Waals surface area contributed by atoms with Crippen LogP contribution in [0, 0.1) is 0 Å². The number of carbonyl (C=O) groups is 1. The predicted molar refractivity (Wildman–Crippen MR) is 120 cm³/mol. The van der Waals surface area contributed by atoms with Gasteiger partial charge in [0, 0.05) is 17.5 Å². The Balaban J connectivity index is 2.17. The van der Waals surface area contributed by atoms with Crippen molar-refractivity contribution in [1.82, 2.24) is 0 Å². The Morgan fingerprint density at radius 1 is 1.12 bits per heavy atom. The molecule has 0 saturated carbocycles. The molecule has 0 amide bonds. The summed E-state index contributed by atoms with van der Waals surface area (Å²) in [6, 6.07) is 4.10. The molecule has 1 aliphatic heterocycles. The quantitative estimate of drug-likeness (QED) is 0.336. The van der Waals surface area contributed by atoms with Crippen LogP contribution in [0.3, 0.4) is 0 Å². The van der Waals surface area contributed by atoms with Gasteiger partial charge in [0.15, 0.2) is 17.3 Å². The second-order valence-electron chi connectivity index (χ2n) is 8.39. The van der Waals surface area contributed by atoms with Crippen LogP contribution in [0.2, 0.25) is 0 Å². The highest BCUT2D eigenvalue weighted by Crippen LogP contribution is 2.49. The number of carbonyl (C=O) groups excluding carboxylic acids is 1. The molecule has 170 valence electrons. The third-order valence-corrected chi connectivity index (χ3v) is 5.56. The molecule has 1 heterocycles. The smallest absolute Gasteiger partial charge is 0.174 e. The lowest BCUT2D eigenvalue weighted by Gasteiger charge is -2.30. The van der Waals surface area contributed by atoms with E-state index in [0.717, 1.165) is 5.57 Å². The number of benzene rings is 2. The number of aliphatic hydroxyl groups is 1.